The Kier molecular flexibility index (Phi) is 6.15. The minimum absolute atomic E-state index is 0.0105. The van der Waals surface area contributed by atoms with Crippen molar-refractivity contribution in [1.82, 2.24) is 10.2 Å². The Morgan fingerprint density at radius 1 is 1.47 bits per heavy atom. The SMILES string of the molecule is CCCN(CC(=O)NC)Cc1cc(N)ccc1OC. The Balaban J connectivity index is 2.82. The van der Waals surface area contributed by atoms with Gasteiger partial charge in [0.25, 0.3) is 0 Å². The number of amides is 1. The summed E-state index contributed by atoms with van der Waals surface area (Å²) in [6, 6.07) is 5.56. The average molecular weight is 265 g/mol. The van der Waals surface area contributed by atoms with E-state index in [1.165, 1.54) is 0 Å². The monoisotopic (exact) mass is 265 g/mol. The molecule has 0 unspecified atom stereocenters. The molecule has 1 aromatic rings. The van der Waals surface area contributed by atoms with Crippen molar-refractivity contribution >= 4 is 11.6 Å². The number of methoxy groups -OCH3 is 1. The van der Waals surface area contributed by atoms with E-state index in [0.29, 0.717) is 18.8 Å². The first-order chi connectivity index (χ1) is 9.10. The third kappa shape index (κ3) is 4.79. The first-order valence-electron chi connectivity index (χ1n) is 6.46. The number of carbonyl (C=O) groups excluding carboxylic acids is 1. The summed E-state index contributed by atoms with van der Waals surface area (Å²) in [5.41, 5.74) is 7.51. The number of anilines is 1. The molecule has 0 saturated carbocycles. The van der Waals surface area contributed by atoms with Crippen LogP contribution in [0.25, 0.3) is 0 Å². The molecule has 1 rings (SSSR count). The maximum Gasteiger partial charge on any atom is 0.233 e. The summed E-state index contributed by atoms with van der Waals surface area (Å²) < 4.78 is 5.33. The van der Waals surface area contributed by atoms with E-state index in [1.807, 2.05) is 18.2 Å². The van der Waals surface area contributed by atoms with Gasteiger partial charge in [0.1, 0.15) is 5.75 Å². The lowest BCUT2D eigenvalue weighted by Gasteiger charge is -2.22. The van der Waals surface area contributed by atoms with Crippen LogP contribution in [-0.2, 0) is 11.3 Å². The van der Waals surface area contributed by atoms with Gasteiger partial charge in [-0.2, -0.15) is 0 Å². The lowest BCUT2D eigenvalue weighted by molar-refractivity contribution is -0.121. The number of nitrogen functional groups attached to an aromatic ring is 1. The van der Waals surface area contributed by atoms with E-state index >= 15 is 0 Å². The minimum Gasteiger partial charge on any atom is -0.496 e. The van der Waals surface area contributed by atoms with E-state index in [2.05, 4.69) is 17.1 Å². The maximum absolute atomic E-state index is 11.5. The molecular formula is C14H23N3O2. The van der Waals surface area contributed by atoms with Crippen LogP contribution in [0.3, 0.4) is 0 Å². The van der Waals surface area contributed by atoms with Gasteiger partial charge in [0.15, 0.2) is 0 Å². The van der Waals surface area contributed by atoms with Gasteiger partial charge in [-0.25, -0.2) is 0 Å². The molecule has 1 amide bonds. The van der Waals surface area contributed by atoms with Crippen molar-refractivity contribution in [3.63, 3.8) is 0 Å². The first-order valence-corrected chi connectivity index (χ1v) is 6.46. The number of nitrogens with zero attached hydrogens (tertiary/aromatic N) is 1. The molecule has 0 aliphatic rings. The van der Waals surface area contributed by atoms with Crippen LogP contribution in [0.2, 0.25) is 0 Å². The van der Waals surface area contributed by atoms with Gasteiger partial charge in [-0.15, -0.1) is 0 Å². The van der Waals surface area contributed by atoms with Crippen molar-refractivity contribution in [3.8, 4) is 5.75 Å². The largest absolute Gasteiger partial charge is 0.496 e. The number of carbonyl (C=O) groups is 1. The number of benzene rings is 1. The molecule has 5 nitrogen and oxygen atoms in total. The highest BCUT2D eigenvalue weighted by Gasteiger charge is 2.12. The van der Waals surface area contributed by atoms with Gasteiger partial charge in [-0.3, -0.25) is 9.69 Å². The fourth-order valence-corrected chi connectivity index (χ4v) is 1.98. The highest BCUT2D eigenvalue weighted by molar-refractivity contribution is 5.77. The van der Waals surface area contributed by atoms with Gasteiger partial charge in [-0.1, -0.05) is 6.92 Å². The van der Waals surface area contributed by atoms with E-state index in [9.17, 15) is 4.79 Å². The number of hydrogen-bond acceptors (Lipinski definition) is 4. The molecule has 0 atom stereocenters. The summed E-state index contributed by atoms with van der Waals surface area (Å²) in [5.74, 6) is 0.809. The van der Waals surface area contributed by atoms with Gasteiger partial charge in [0, 0.05) is 24.8 Å². The molecule has 0 aliphatic heterocycles. The lowest BCUT2D eigenvalue weighted by Crippen LogP contribution is -2.35. The third-order valence-corrected chi connectivity index (χ3v) is 2.88. The fraction of sp³-hybridized carbons (Fsp3) is 0.500. The van der Waals surface area contributed by atoms with Crippen LogP contribution in [0, 0.1) is 0 Å². The van der Waals surface area contributed by atoms with Crippen molar-refractivity contribution in [2.75, 3.05) is 33.0 Å². The predicted octanol–water partition coefficient (Wildman–Crippen LogP) is 1.24. The van der Waals surface area contributed by atoms with Crippen molar-refractivity contribution in [1.29, 1.82) is 0 Å². The second kappa shape index (κ2) is 7.63. The van der Waals surface area contributed by atoms with Crippen molar-refractivity contribution < 1.29 is 9.53 Å². The summed E-state index contributed by atoms with van der Waals surface area (Å²) in [5, 5.41) is 2.64. The van der Waals surface area contributed by atoms with E-state index in [4.69, 9.17) is 10.5 Å². The average Bonchev–Trinajstić information content (AvgIpc) is 2.39. The molecule has 0 aliphatic carbocycles. The number of nitrogens with one attached hydrogen (secondary N) is 1. The molecule has 0 saturated heterocycles. The summed E-state index contributed by atoms with van der Waals surface area (Å²) in [4.78, 5) is 13.6. The Labute approximate surface area is 114 Å². The highest BCUT2D eigenvalue weighted by atomic mass is 16.5. The quantitative estimate of drug-likeness (QED) is 0.728. The zero-order valence-electron chi connectivity index (χ0n) is 11.9. The van der Waals surface area contributed by atoms with Crippen LogP contribution >= 0.6 is 0 Å². The molecule has 0 bridgehead atoms. The van der Waals surface area contributed by atoms with Crippen LogP contribution in [-0.4, -0.2) is 38.1 Å². The van der Waals surface area contributed by atoms with Gasteiger partial charge >= 0.3 is 0 Å². The van der Waals surface area contributed by atoms with Gasteiger partial charge in [-0.05, 0) is 31.2 Å². The molecule has 106 valence electrons. The zero-order chi connectivity index (χ0) is 14.3. The number of nitrogens with two attached hydrogens (primary N) is 1. The topological polar surface area (TPSA) is 67.6 Å². The van der Waals surface area contributed by atoms with Gasteiger partial charge in [0.2, 0.25) is 5.91 Å². The standard InChI is InChI=1S/C14H23N3O2/c1-4-7-17(10-14(18)16-2)9-11-8-12(15)5-6-13(11)19-3/h5-6,8H,4,7,9-10,15H2,1-3H3,(H,16,18). The second-order valence-corrected chi connectivity index (χ2v) is 4.46. The number of rotatable bonds is 7. The summed E-state index contributed by atoms with van der Waals surface area (Å²) >= 11 is 0. The Bertz CT molecular complexity index is 421. The molecule has 0 heterocycles. The van der Waals surface area contributed by atoms with E-state index in [-0.39, 0.29) is 5.91 Å². The molecule has 0 aromatic heterocycles. The molecule has 3 N–H and O–H groups in total. The molecule has 5 heteroatoms. The van der Waals surface area contributed by atoms with Gasteiger partial charge in [0.05, 0.1) is 13.7 Å². The lowest BCUT2D eigenvalue weighted by atomic mass is 10.1. The van der Waals surface area contributed by atoms with Crippen LogP contribution in [0.15, 0.2) is 18.2 Å². The Morgan fingerprint density at radius 2 is 2.21 bits per heavy atom. The summed E-state index contributed by atoms with van der Waals surface area (Å²) in [6.07, 6.45) is 0.988. The minimum atomic E-state index is 0.0105. The second-order valence-electron chi connectivity index (χ2n) is 4.46. The maximum atomic E-state index is 11.5. The predicted molar refractivity (Wildman–Crippen MR) is 77.0 cm³/mol. The number of ether oxygens (including phenoxy) is 1. The fourth-order valence-electron chi connectivity index (χ4n) is 1.98. The molecule has 0 radical (unpaired) electrons. The molecular weight excluding hydrogens is 242 g/mol. The van der Waals surface area contributed by atoms with Crippen molar-refractivity contribution in [2.45, 2.75) is 19.9 Å². The van der Waals surface area contributed by atoms with Crippen molar-refractivity contribution in [2.24, 2.45) is 0 Å². The molecule has 0 fully saturated rings. The number of likely N-dealkylation sites (N-methyl/N-ethyl adjacent to an activating group) is 1. The van der Waals surface area contributed by atoms with Gasteiger partial charge < -0.3 is 15.8 Å². The highest BCUT2D eigenvalue weighted by Crippen LogP contribution is 2.22. The third-order valence-electron chi connectivity index (χ3n) is 2.88. The molecule has 1 aromatic carbocycles. The Hall–Kier alpha value is -1.75. The molecule has 0 spiro atoms. The van der Waals surface area contributed by atoms with Crippen molar-refractivity contribution in [3.05, 3.63) is 23.8 Å². The smallest absolute Gasteiger partial charge is 0.233 e. The van der Waals surface area contributed by atoms with Crippen LogP contribution in [0.1, 0.15) is 18.9 Å². The van der Waals surface area contributed by atoms with E-state index in [1.54, 1.807) is 14.2 Å². The van der Waals surface area contributed by atoms with Crippen LogP contribution in [0.5, 0.6) is 5.75 Å². The summed E-state index contributed by atoms with van der Waals surface area (Å²) in [7, 11) is 3.28. The van der Waals surface area contributed by atoms with E-state index < -0.39 is 0 Å². The Morgan fingerprint density at radius 3 is 2.79 bits per heavy atom. The normalized spacial score (nSPS) is 10.5. The number of hydrogen-bond donors (Lipinski definition) is 2. The van der Waals surface area contributed by atoms with E-state index in [0.717, 1.165) is 24.3 Å². The molecule has 19 heavy (non-hydrogen) atoms. The van der Waals surface area contributed by atoms with Crippen LogP contribution in [0.4, 0.5) is 5.69 Å². The summed E-state index contributed by atoms with van der Waals surface area (Å²) in [6.45, 7) is 3.97. The first kappa shape index (κ1) is 15.3. The van der Waals surface area contributed by atoms with Crippen LogP contribution < -0.4 is 15.8 Å². The zero-order valence-corrected chi connectivity index (χ0v) is 11.9.